The molecular weight excluding hydrogens is 511 g/mol. The fourth-order valence-electron chi connectivity index (χ4n) is 3.83. The molecule has 0 spiro atoms. The lowest BCUT2D eigenvalue weighted by Crippen LogP contribution is -2.35. The average molecular weight is 532 g/mol. The van der Waals surface area contributed by atoms with Crippen LogP contribution < -0.4 is 15.6 Å². The number of anilines is 3. The molecule has 9 nitrogen and oxygen atoms in total. The maximum Gasteiger partial charge on any atom is 0.301 e. The van der Waals surface area contributed by atoms with Gasteiger partial charge in [-0.3, -0.25) is 9.52 Å². The summed E-state index contributed by atoms with van der Waals surface area (Å²) in [6.07, 6.45) is -1.14. The maximum atomic E-state index is 14.7. The minimum absolute atomic E-state index is 0.227. The van der Waals surface area contributed by atoms with Crippen LogP contribution in [-0.4, -0.2) is 54.7 Å². The lowest BCUT2D eigenvalue weighted by Gasteiger charge is -2.20. The summed E-state index contributed by atoms with van der Waals surface area (Å²) in [5, 5.41) is 2.45. The predicted octanol–water partition coefficient (Wildman–Crippen LogP) is 3.24. The third-order valence-corrected chi connectivity index (χ3v) is 7.66. The molecule has 0 unspecified atom stereocenters. The van der Waals surface area contributed by atoms with Crippen LogP contribution in [0.3, 0.4) is 0 Å². The molecule has 188 valence electrons. The van der Waals surface area contributed by atoms with Crippen molar-refractivity contribution in [3.63, 3.8) is 0 Å². The van der Waals surface area contributed by atoms with Crippen LogP contribution in [0.15, 0.2) is 29.3 Å². The van der Waals surface area contributed by atoms with Crippen LogP contribution in [0.5, 0.6) is 0 Å². The van der Waals surface area contributed by atoms with Gasteiger partial charge < -0.3 is 14.6 Å². The molecule has 1 fully saturated rings. The molecule has 0 saturated carbocycles. The standard InChI is InChI=1S/C21H21ClF3N5O4S/c1-10-13(4-5-14-17(10)21(31)29(2)9-26-14)27-20-18(22)15(6-11(23)19(20)25)28-35(32,33)30-7-12(24)16(8-30)34-3/h4-6,9,12,16,27-28H,7-8H2,1-3H3/t12-,16+/m1/s1. The smallest absolute Gasteiger partial charge is 0.301 e. The number of nitrogens with zero attached hydrogens (tertiary/aromatic N) is 3. The Balaban J connectivity index is 1.72. The zero-order valence-corrected chi connectivity index (χ0v) is 20.3. The summed E-state index contributed by atoms with van der Waals surface area (Å²) in [5.41, 5.74) is -0.323. The summed E-state index contributed by atoms with van der Waals surface area (Å²) >= 11 is 6.27. The lowest BCUT2D eigenvalue weighted by molar-refractivity contribution is 0.0637. The van der Waals surface area contributed by atoms with Crippen LogP contribution >= 0.6 is 11.6 Å². The molecular formula is C21H21ClF3N5O4S. The number of ether oxygens (including phenoxy) is 1. The van der Waals surface area contributed by atoms with Crippen molar-refractivity contribution in [2.45, 2.75) is 19.2 Å². The van der Waals surface area contributed by atoms with Gasteiger partial charge in [0.2, 0.25) is 0 Å². The highest BCUT2D eigenvalue weighted by molar-refractivity contribution is 7.90. The van der Waals surface area contributed by atoms with E-state index in [0.717, 1.165) is 4.31 Å². The monoisotopic (exact) mass is 531 g/mol. The minimum atomic E-state index is -4.37. The molecule has 14 heteroatoms. The van der Waals surface area contributed by atoms with Crippen LogP contribution in [0.25, 0.3) is 10.9 Å². The topological polar surface area (TPSA) is 106 Å². The van der Waals surface area contributed by atoms with E-state index in [2.05, 4.69) is 15.0 Å². The largest absolute Gasteiger partial charge is 0.377 e. The van der Waals surface area contributed by atoms with Crippen molar-refractivity contribution >= 4 is 49.8 Å². The van der Waals surface area contributed by atoms with E-state index >= 15 is 0 Å². The van der Waals surface area contributed by atoms with Crippen molar-refractivity contribution in [3.8, 4) is 0 Å². The van der Waals surface area contributed by atoms with Gasteiger partial charge in [0.15, 0.2) is 11.6 Å². The Labute approximate surface area is 203 Å². The number of aromatic nitrogens is 2. The summed E-state index contributed by atoms with van der Waals surface area (Å²) in [5.74, 6) is -2.74. The number of methoxy groups -OCH3 is 1. The predicted molar refractivity (Wildman–Crippen MR) is 126 cm³/mol. The summed E-state index contributed by atoms with van der Waals surface area (Å²) in [7, 11) is -1.59. The summed E-state index contributed by atoms with van der Waals surface area (Å²) < 4.78 is 77.7. The summed E-state index contributed by atoms with van der Waals surface area (Å²) in [6, 6.07) is 3.61. The van der Waals surface area contributed by atoms with Crippen molar-refractivity contribution in [2.24, 2.45) is 7.05 Å². The Bertz CT molecular complexity index is 1480. The fourth-order valence-corrected chi connectivity index (χ4v) is 5.37. The van der Waals surface area contributed by atoms with Crippen molar-refractivity contribution in [3.05, 3.63) is 57.1 Å². The first-order valence-electron chi connectivity index (χ1n) is 10.3. The van der Waals surface area contributed by atoms with E-state index in [4.69, 9.17) is 16.3 Å². The second-order valence-electron chi connectivity index (χ2n) is 8.04. The minimum Gasteiger partial charge on any atom is -0.377 e. The fraction of sp³-hybridized carbons (Fsp3) is 0.333. The van der Waals surface area contributed by atoms with Crippen molar-refractivity contribution in [1.82, 2.24) is 13.9 Å². The van der Waals surface area contributed by atoms with E-state index < -0.39 is 57.1 Å². The van der Waals surface area contributed by atoms with E-state index in [1.54, 1.807) is 6.92 Å². The normalized spacial score (nSPS) is 18.8. The lowest BCUT2D eigenvalue weighted by atomic mass is 10.1. The molecule has 2 aromatic carbocycles. The first-order chi connectivity index (χ1) is 16.4. The van der Waals surface area contributed by atoms with Crippen molar-refractivity contribution in [1.29, 1.82) is 0 Å². The third kappa shape index (κ3) is 4.56. The second kappa shape index (κ2) is 9.30. The van der Waals surface area contributed by atoms with Gasteiger partial charge in [-0.1, -0.05) is 11.6 Å². The van der Waals surface area contributed by atoms with E-state index in [-0.39, 0.29) is 23.2 Å². The number of alkyl halides is 1. The van der Waals surface area contributed by atoms with Gasteiger partial charge in [0.25, 0.3) is 5.56 Å². The second-order valence-corrected chi connectivity index (χ2v) is 10.1. The highest BCUT2D eigenvalue weighted by Gasteiger charge is 2.39. The molecule has 1 aliphatic heterocycles. The zero-order chi connectivity index (χ0) is 25.7. The quantitative estimate of drug-likeness (QED) is 0.473. The third-order valence-electron chi connectivity index (χ3n) is 5.81. The number of rotatable bonds is 6. The Hall–Kier alpha value is -2.87. The van der Waals surface area contributed by atoms with E-state index in [9.17, 15) is 26.4 Å². The average Bonchev–Trinajstić information content (AvgIpc) is 3.20. The zero-order valence-electron chi connectivity index (χ0n) is 18.8. The van der Waals surface area contributed by atoms with Crippen LogP contribution in [0, 0.1) is 18.6 Å². The Morgan fingerprint density at radius 1 is 1.23 bits per heavy atom. The van der Waals surface area contributed by atoms with Gasteiger partial charge >= 0.3 is 10.2 Å². The van der Waals surface area contributed by atoms with Crippen LogP contribution in [-0.2, 0) is 22.0 Å². The molecule has 2 N–H and O–H groups in total. The summed E-state index contributed by atoms with van der Waals surface area (Å²) in [4.78, 5) is 16.7. The van der Waals surface area contributed by atoms with Crippen molar-refractivity contribution < 1.29 is 26.3 Å². The number of aryl methyl sites for hydroxylation is 2. The van der Waals surface area contributed by atoms with Crippen LogP contribution in [0.4, 0.5) is 30.2 Å². The molecule has 0 bridgehead atoms. The molecule has 2 heterocycles. The van der Waals surface area contributed by atoms with Gasteiger partial charge in [-0.25, -0.2) is 18.2 Å². The molecule has 0 amide bonds. The van der Waals surface area contributed by atoms with E-state index in [0.29, 0.717) is 17.1 Å². The van der Waals surface area contributed by atoms with Crippen LogP contribution in [0.2, 0.25) is 5.02 Å². The SMILES string of the molecule is CO[C@H]1CN(S(=O)(=O)Nc2cc(F)c(F)c(Nc3ccc4ncn(C)c(=O)c4c3C)c2Cl)C[C@H]1F. The maximum absolute atomic E-state index is 14.7. The molecule has 4 rings (SSSR count). The molecule has 0 aliphatic carbocycles. The van der Waals surface area contributed by atoms with E-state index in [1.165, 1.54) is 37.2 Å². The molecule has 1 saturated heterocycles. The van der Waals surface area contributed by atoms with E-state index in [1.807, 2.05) is 0 Å². The molecule has 1 aromatic heterocycles. The van der Waals surface area contributed by atoms with Crippen molar-refractivity contribution in [2.75, 3.05) is 30.2 Å². The number of fused-ring (bicyclic) bond motifs is 1. The number of benzene rings is 2. The van der Waals surface area contributed by atoms with Gasteiger partial charge in [0.05, 0.1) is 33.6 Å². The van der Waals surface area contributed by atoms with Gasteiger partial charge in [-0.15, -0.1) is 0 Å². The van der Waals surface area contributed by atoms with Crippen LogP contribution in [0.1, 0.15) is 5.56 Å². The number of nitrogens with one attached hydrogen (secondary N) is 2. The molecule has 0 radical (unpaired) electrons. The van der Waals surface area contributed by atoms with Gasteiger partial charge in [-0.05, 0) is 24.6 Å². The highest BCUT2D eigenvalue weighted by Crippen LogP contribution is 2.38. The summed E-state index contributed by atoms with van der Waals surface area (Å²) in [6.45, 7) is 0.855. The Morgan fingerprint density at radius 2 is 1.94 bits per heavy atom. The van der Waals surface area contributed by atoms with Gasteiger partial charge in [0.1, 0.15) is 12.3 Å². The number of hydrogen-bond donors (Lipinski definition) is 2. The number of hydrogen-bond acceptors (Lipinski definition) is 6. The molecule has 3 aromatic rings. The molecule has 1 aliphatic rings. The molecule has 35 heavy (non-hydrogen) atoms. The Kier molecular flexibility index (Phi) is 6.70. The van der Waals surface area contributed by atoms with Gasteiger partial charge in [0, 0.05) is 39.0 Å². The Morgan fingerprint density at radius 3 is 2.60 bits per heavy atom. The number of halogens is 4. The highest BCUT2D eigenvalue weighted by atomic mass is 35.5. The molecule has 2 atom stereocenters. The first-order valence-corrected chi connectivity index (χ1v) is 12.1. The van der Waals surface area contributed by atoms with Gasteiger partial charge in [-0.2, -0.15) is 12.7 Å². The first kappa shape index (κ1) is 25.2.